The third-order valence-corrected chi connectivity index (χ3v) is 7.42. The van der Waals surface area contributed by atoms with E-state index < -0.39 is 5.91 Å². The number of aryl methyl sites for hydroxylation is 1. The van der Waals surface area contributed by atoms with Crippen LogP contribution in [0.25, 0.3) is 11.8 Å². The lowest BCUT2D eigenvalue weighted by molar-refractivity contribution is -0.114. The van der Waals surface area contributed by atoms with Crippen molar-refractivity contribution in [2.45, 2.75) is 40.0 Å². The van der Waals surface area contributed by atoms with Gasteiger partial charge >= 0.3 is 0 Å². The van der Waals surface area contributed by atoms with Crippen molar-refractivity contribution in [3.8, 4) is 5.69 Å². The number of amides is 1. The summed E-state index contributed by atoms with van der Waals surface area (Å²) in [6.45, 7) is 8.50. The van der Waals surface area contributed by atoms with Crippen molar-refractivity contribution in [2.75, 3.05) is 0 Å². The van der Waals surface area contributed by atoms with Gasteiger partial charge in [-0.2, -0.15) is 15.1 Å². The maximum absolute atomic E-state index is 12.9. The quantitative estimate of drug-likeness (QED) is 0.475. The number of nitrogens with one attached hydrogen (secondary N) is 1. The molecule has 1 N–H and O–H groups in total. The van der Waals surface area contributed by atoms with Crippen molar-refractivity contribution < 1.29 is 4.79 Å². The van der Waals surface area contributed by atoms with E-state index in [-0.39, 0.29) is 11.4 Å². The standard InChI is InChI=1S/C27H26N6OS/c1-5-16(2)19-8-10-22(11-9-19)32-17(3)13-21(18(32)4)14-23-24(28)33-27(30-25(23)34)35-26(31-33)20-7-6-12-29-15-20/h6-16,28H,5H2,1-4H3/b23-14+,28-24?/t16-/m1/s1. The molecule has 0 saturated carbocycles. The van der Waals surface area contributed by atoms with Gasteiger partial charge in [0.25, 0.3) is 5.91 Å². The molecular formula is C27H26N6OS. The topological polar surface area (TPSA) is 86.7 Å². The Morgan fingerprint density at radius 1 is 1.17 bits per heavy atom. The predicted molar refractivity (Wildman–Crippen MR) is 142 cm³/mol. The van der Waals surface area contributed by atoms with Crippen LogP contribution >= 0.6 is 11.8 Å². The Labute approximate surface area is 208 Å². The van der Waals surface area contributed by atoms with Gasteiger partial charge in [-0.15, -0.1) is 0 Å². The number of hydrogen-bond acceptors (Lipinski definition) is 5. The number of thioether (sulfide) groups is 1. The van der Waals surface area contributed by atoms with Gasteiger partial charge in [0, 0.05) is 35.0 Å². The lowest BCUT2D eigenvalue weighted by atomic mass is 9.98. The first kappa shape index (κ1) is 23.0. The third kappa shape index (κ3) is 4.14. The summed E-state index contributed by atoms with van der Waals surface area (Å²) >= 11 is 1.27. The Hall–Kier alpha value is -3.78. The number of aromatic nitrogens is 2. The monoisotopic (exact) mass is 482 g/mol. The molecule has 0 fully saturated rings. The minimum Gasteiger partial charge on any atom is -0.318 e. The summed E-state index contributed by atoms with van der Waals surface area (Å²) in [4.78, 5) is 21.2. The van der Waals surface area contributed by atoms with Crippen molar-refractivity contribution in [3.05, 3.63) is 88.5 Å². The number of hydrogen-bond donors (Lipinski definition) is 1. The van der Waals surface area contributed by atoms with Gasteiger partial charge in [0.1, 0.15) is 5.04 Å². The average molecular weight is 483 g/mol. The Bertz CT molecular complexity index is 1420. The van der Waals surface area contributed by atoms with Crippen molar-refractivity contribution >= 4 is 39.8 Å². The highest BCUT2D eigenvalue weighted by Crippen LogP contribution is 2.32. The molecule has 0 spiro atoms. The summed E-state index contributed by atoms with van der Waals surface area (Å²) in [5.41, 5.74) is 6.37. The molecule has 0 unspecified atom stereocenters. The molecule has 5 rings (SSSR count). The number of aliphatic imine (C=N–C) groups is 1. The number of pyridine rings is 1. The first-order chi connectivity index (χ1) is 16.9. The molecule has 2 aliphatic heterocycles. The van der Waals surface area contributed by atoms with Crippen molar-refractivity contribution in [1.82, 2.24) is 14.6 Å². The normalized spacial score (nSPS) is 17.5. The molecule has 8 heteroatoms. The lowest BCUT2D eigenvalue weighted by Crippen LogP contribution is -2.35. The SMILES string of the molecule is CC[C@@H](C)c1ccc(-n2c(C)cc(/C=C3\C(=N)N4N=C(c5cccnc5)SC4=NC3=O)c2C)cc1. The number of amidine groups is 2. The summed E-state index contributed by atoms with van der Waals surface area (Å²) in [6.07, 6.45) is 6.25. The number of carbonyl (C=O) groups excluding carboxylic acids is 1. The van der Waals surface area contributed by atoms with Crippen LogP contribution in [-0.2, 0) is 4.79 Å². The van der Waals surface area contributed by atoms with E-state index in [1.807, 2.05) is 32.0 Å². The van der Waals surface area contributed by atoms with Crippen LogP contribution in [0.15, 0.2) is 70.5 Å². The van der Waals surface area contributed by atoms with Gasteiger partial charge in [-0.05, 0) is 85.5 Å². The van der Waals surface area contributed by atoms with E-state index in [9.17, 15) is 4.79 Å². The largest absolute Gasteiger partial charge is 0.318 e. The van der Waals surface area contributed by atoms with Gasteiger partial charge in [0.05, 0.1) is 5.57 Å². The van der Waals surface area contributed by atoms with Crippen LogP contribution < -0.4 is 0 Å². The maximum Gasteiger partial charge on any atom is 0.283 e. The zero-order valence-corrected chi connectivity index (χ0v) is 20.9. The second-order valence-electron chi connectivity index (χ2n) is 8.73. The second kappa shape index (κ2) is 9.11. The molecule has 0 bridgehead atoms. The molecule has 2 aromatic heterocycles. The van der Waals surface area contributed by atoms with Crippen LogP contribution in [0.4, 0.5) is 0 Å². The fraction of sp³-hybridized carbons (Fsp3) is 0.222. The number of carbonyl (C=O) groups is 1. The smallest absolute Gasteiger partial charge is 0.283 e. The van der Waals surface area contributed by atoms with E-state index in [2.05, 4.69) is 57.8 Å². The molecular weight excluding hydrogens is 456 g/mol. The van der Waals surface area contributed by atoms with Crippen LogP contribution in [0, 0.1) is 19.3 Å². The summed E-state index contributed by atoms with van der Waals surface area (Å²) in [6, 6.07) is 14.4. The average Bonchev–Trinajstić information content (AvgIpc) is 3.42. The molecule has 3 aromatic rings. The Morgan fingerprint density at radius 3 is 2.63 bits per heavy atom. The summed E-state index contributed by atoms with van der Waals surface area (Å²) < 4.78 is 2.17. The van der Waals surface area contributed by atoms with Gasteiger partial charge in [-0.1, -0.05) is 26.0 Å². The highest BCUT2D eigenvalue weighted by molar-refractivity contribution is 8.27. The number of fused-ring (bicyclic) bond motifs is 1. The molecule has 4 heterocycles. The Balaban J connectivity index is 1.47. The lowest BCUT2D eigenvalue weighted by Gasteiger charge is -2.20. The fourth-order valence-electron chi connectivity index (χ4n) is 4.27. The van der Waals surface area contributed by atoms with E-state index in [0.717, 1.165) is 34.6 Å². The van der Waals surface area contributed by atoms with Crippen LogP contribution in [0.1, 0.15) is 54.3 Å². The van der Waals surface area contributed by atoms with Crippen molar-refractivity contribution in [2.24, 2.45) is 10.1 Å². The van der Waals surface area contributed by atoms with Gasteiger partial charge in [-0.3, -0.25) is 15.2 Å². The number of rotatable bonds is 5. The van der Waals surface area contributed by atoms with Crippen molar-refractivity contribution in [3.63, 3.8) is 0 Å². The molecule has 1 atom stereocenters. The molecule has 0 radical (unpaired) electrons. The molecule has 35 heavy (non-hydrogen) atoms. The third-order valence-electron chi connectivity index (χ3n) is 6.47. The summed E-state index contributed by atoms with van der Waals surface area (Å²) in [7, 11) is 0. The highest BCUT2D eigenvalue weighted by atomic mass is 32.2. The van der Waals surface area contributed by atoms with Gasteiger partial charge in [-0.25, -0.2) is 0 Å². The zero-order valence-electron chi connectivity index (χ0n) is 20.1. The minimum absolute atomic E-state index is 0.0223. The molecule has 176 valence electrons. The van der Waals surface area contributed by atoms with Gasteiger partial charge < -0.3 is 4.57 Å². The summed E-state index contributed by atoms with van der Waals surface area (Å²) in [5, 5.41) is 15.7. The minimum atomic E-state index is -0.431. The van der Waals surface area contributed by atoms with Crippen LogP contribution in [-0.4, -0.2) is 36.5 Å². The Kier molecular flexibility index (Phi) is 5.98. The molecule has 0 saturated heterocycles. The molecule has 2 aliphatic rings. The van der Waals surface area contributed by atoms with Gasteiger partial charge in [0.2, 0.25) is 5.17 Å². The molecule has 7 nitrogen and oxygen atoms in total. The van der Waals surface area contributed by atoms with Crippen LogP contribution in [0.2, 0.25) is 0 Å². The highest BCUT2D eigenvalue weighted by Gasteiger charge is 2.36. The fourth-order valence-corrected chi connectivity index (χ4v) is 5.15. The van der Waals surface area contributed by atoms with E-state index in [4.69, 9.17) is 5.41 Å². The zero-order chi connectivity index (χ0) is 24.7. The molecule has 0 aliphatic carbocycles. The summed E-state index contributed by atoms with van der Waals surface area (Å²) in [5.74, 6) is 0.114. The maximum atomic E-state index is 12.9. The predicted octanol–water partition coefficient (Wildman–Crippen LogP) is 5.67. The number of hydrazone groups is 1. The van der Waals surface area contributed by atoms with Crippen LogP contribution in [0.5, 0.6) is 0 Å². The number of benzene rings is 1. The second-order valence-corrected chi connectivity index (χ2v) is 9.69. The Morgan fingerprint density at radius 2 is 1.94 bits per heavy atom. The molecule has 1 aromatic carbocycles. The van der Waals surface area contributed by atoms with Crippen LogP contribution in [0.3, 0.4) is 0 Å². The van der Waals surface area contributed by atoms with E-state index in [0.29, 0.717) is 16.1 Å². The van der Waals surface area contributed by atoms with E-state index in [1.54, 1.807) is 18.5 Å². The first-order valence-electron chi connectivity index (χ1n) is 11.6. The first-order valence-corrected chi connectivity index (χ1v) is 12.4. The molecule has 1 amide bonds. The van der Waals surface area contributed by atoms with Gasteiger partial charge in [0.15, 0.2) is 5.84 Å². The van der Waals surface area contributed by atoms with E-state index in [1.165, 1.54) is 22.3 Å². The van der Waals surface area contributed by atoms with E-state index >= 15 is 0 Å². The number of nitrogens with zero attached hydrogens (tertiary/aromatic N) is 5. The van der Waals surface area contributed by atoms with Crippen molar-refractivity contribution in [1.29, 1.82) is 5.41 Å².